The van der Waals surface area contributed by atoms with Crippen molar-refractivity contribution in [2.45, 2.75) is 32.6 Å². The Balaban J connectivity index is 1.82. The van der Waals surface area contributed by atoms with Crippen molar-refractivity contribution >= 4 is 0 Å². The number of hydrogen-bond acceptors (Lipinski definition) is 2. The van der Waals surface area contributed by atoms with E-state index < -0.39 is 0 Å². The molecule has 2 heterocycles. The molecule has 0 radical (unpaired) electrons. The zero-order chi connectivity index (χ0) is 15.5. The zero-order valence-corrected chi connectivity index (χ0v) is 13.3. The van der Waals surface area contributed by atoms with Gasteiger partial charge < -0.3 is 4.90 Å². The lowest BCUT2D eigenvalue weighted by molar-refractivity contribution is 0.186. The van der Waals surface area contributed by atoms with E-state index in [1.54, 1.807) is 12.1 Å². The van der Waals surface area contributed by atoms with Gasteiger partial charge in [0.15, 0.2) is 0 Å². The Morgan fingerprint density at radius 2 is 2.27 bits per heavy atom. The first-order chi connectivity index (χ1) is 10.6. The highest BCUT2D eigenvalue weighted by Gasteiger charge is 2.25. The van der Waals surface area contributed by atoms with Gasteiger partial charge in [-0.1, -0.05) is 26.0 Å². The van der Waals surface area contributed by atoms with Gasteiger partial charge in [0.05, 0.1) is 6.20 Å². The molecule has 22 heavy (non-hydrogen) atoms. The van der Waals surface area contributed by atoms with Crippen LogP contribution in [0, 0.1) is 11.7 Å². The minimum atomic E-state index is -0.199. The average Bonchev–Trinajstić information content (AvgIpc) is 2.96. The quantitative estimate of drug-likeness (QED) is 0.924. The van der Waals surface area contributed by atoms with Crippen LogP contribution < -0.4 is 0 Å². The first-order valence-electron chi connectivity index (χ1n) is 8.15. The maximum absolute atomic E-state index is 13.5. The lowest BCUT2D eigenvalue weighted by atomic mass is 9.90. The number of aromatic amines is 1. The molecule has 1 aromatic carbocycles. The van der Waals surface area contributed by atoms with Crippen LogP contribution in [0.1, 0.15) is 38.3 Å². The largest absolute Gasteiger partial charge is 0.302 e. The van der Waals surface area contributed by atoms with Crippen molar-refractivity contribution in [3.63, 3.8) is 0 Å². The number of likely N-dealkylation sites (tertiary alicyclic amines) is 1. The number of nitrogens with zero attached hydrogens (tertiary/aromatic N) is 2. The summed E-state index contributed by atoms with van der Waals surface area (Å²) >= 11 is 0. The minimum absolute atomic E-state index is 0.199. The molecule has 1 fully saturated rings. The highest BCUT2D eigenvalue weighted by molar-refractivity contribution is 5.65. The van der Waals surface area contributed by atoms with E-state index in [2.05, 4.69) is 28.9 Å². The number of piperidine rings is 1. The van der Waals surface area contributed by atoms with Crippen molar-refractivity contribution in [2.75, 3.05) is 19.6 Å². The van der Waals surface area contributed by atoms with Crippen LogP contribution in [0.25, 0.3) is 11.1 Å². The number of halogens is 1. The fourth-order valence-corrected chi connectivity index (χ4v) is 3.47. The van der Waals surface area contributed by atoms with Crippen LogP contribution in [0.15, 0.2) is 30.5 Å². The summed E-state index contributed by atoms with van der Waals surface area (Å²) in [5.74, 6) is 0.936. The molecule has 0 spiro atoms. The fraction of sp³-hybridized carbons (Fsp3) is 0.500. The molecule has 0 bridgehead atoms. The molecule has 1 unspecified atom stereocenters. The van der Waals surface area contributed by atoms with E-state index in [0.717, 1.165) is 29.9 Å². The molecule has 118 valence electrons. The van der Waals surface area contributed by atoms with Crippen LogP contribution >= 0.6 is 0 Å². The molecule has 0 aliphatic carbocycles. The van der Waals surface area contributed by atoms with Crippen LogP contribution in [-0.4, -0.2) is 34.7 Å². The second kappa shape index (κ2) is 6.61. The summed E-state index contributed by atoms with van der Waals surface area (Å²) in [6.45, 7) is 7.90. The summed E-state index contributed by atoms with van der Waals surface area (Å²) < 4.78 is 13.5. The number of rotatable bonds is 4. The van der Waals surface area contributed by atoms with Crippen LogP contribution in [0.2, 0.25) is 0 Å². The number of benzene rings is 1. The Morgan fingerprint density at radius 1 is 1.41 bits per heavy atom. The fourth-order valence-electron chi connectivity index (χ4n) is 3.47. The average molecular weight is 301 g/mol. The Hall–Kier alpha value is -1.68. The van der Waals surface area contributed by atoms with Crippen molar-refractivity contribution in [2.24, 2.45) is 5.92 Å². The van der Waals surface area contributed by atoms with E-state index in [1.165, 1.54) is 25.5 Å². The summed E-state index contributed by atoms with van der Waals surface area (Å²) in [6, 6.07) is 6.77. The van der Waals surface area contributed by atoms with Gasteiger partial charge in [-0.3, -0.25) is 5.10 Å². The zero-order valence-electron chi connectivity index (χ0n) is 13.3. The summed E-state index contributed by atoms with van der Waals surface area (Å²) in [7, 11) is 0. The molecule has 1 aliphatic rings. The normalized spacial score (nSPS) is 19.7. The smallest absolute Gasteiger partial charge is 0.123 e. The standard InChI is InChI=1S/C18H24FN3/c1-13(2)11-22-8-4-6-15(12-22)18-17(10-20-21-18)14-5-3-7-16(19)9-14/h3,5,7,9-10,13,15H,4,6,8,11-12H2,1-2H3,(H,20,21). The van der Waals surface area contributed by atoms with Gasteiger partial charge in [-0.25, -0.2) is 4.39 Å². The third-order valence-corrected chi connectivity index (χ3v) is 4.34. The number of hydrogen-bond donors (Lipinski definition) is 1. The summed E-state index contributed by atoms with van der Waals surface area (Å²) in [4.78, 5) is 2.54. The summed E-state index contributed by atoms with van der Waals surface area (Å²) in [5.41, 5.74) is 3.10. The summed E-state index contributed by atoms with van der Waals surface area (Å²) in [5, 5.41) is 7.39. The first kappa shape index (κ1) is 15.2. The van der Waals surface area contributed by atoms with Crippen molar-refractivity contribution in [1.82, 2.24) is 15.1 Å². The van der Waals surface area contributed by atoms with Gasteiger partial charge in [0.25, 0.3) is 0 Å². The topological polar surface area (TPSA) is 31.9 Å². The highest BCUT2D eigenvalue weighted by atomic mass is 19.1. The van der Waals surface area contributed by atoms with Crippen molar-refractivity contribution in [1.29, 1.82) is 0 Å². The number of H-pyrrole nitrogens is 1. The number of nitrogens with one attached hydrogen (secondary N) is 1. The highest BCUT2D eigenvalue weighted by Crippen LogP contribution is 2.33. The first-order valence-corrected chi connectivity index (χ1v) is 8.15. The molecule has 0 saturated carbocycles. The molecule has 3 rings (SSSR count). The van der Waals surface area contributed by atoms with E-state index >= 15 is 0 Å². The van der Waals surface area contributed by atoms with Crippen LogP contribution in [-0.2, 0) is 0 Å². The van der Waals surface area contributed by atoms with Crippen LogP contribution in [0.5, 0.6) is 0 Å². The van der Waals surface area contributed by atoms with Gasteiger partial charge in [-0.05, 0) is 43.0 Å². The van der Waals surface area contributed by atoms with E-state index in [-0.39, 0.29) is 5.82 Å². The molecular weight excluding hydrogens is 277 g/mol. The van der Waals surface area contributed by atoms with Gasteiger partial charge in [-0.15, -0.1) is 0 Å². The Labute approximate surface area is 131 Å². The van der Waals surface area contributed by atoms with E-state index in [4.69, 9.17) is 0 Å². The molecule has 4 heteroatoms. The molecule has 3 nitrogen and oxygen atoms in total. The van der Waals surface area contributed by atoms with E-state index in [0.29, 0.717) is 11.8 Å². The molecule has 1 aromatic heterocycles. The predicted molar refractivity (Wildman–Crippen MR) is 87.2 cm³/mol. The molecule has 1 N–H and O–H groups in total. The second-order valence-corrected chi connectivity index (χ2v) is 6.70. The van der Waals surface area contributed by atoms with Gasteiger partial charge >= 0.3 is 0 Å². The third kappa shape index (κ3) is 3.38. The van der Waals surface area contributed by atoms with Gasteiger partial charge in [0.2, 0.25) is 0 Å². The monoisotopic (exact) mass is 301 g/mol. The Kier molecular flexibility index (Phi) is 4.57. The van der Waals surface area contributed by atoms with Gasteiger partial charge in [-0.2, -0.15) is 5.10 Å². The molecule has 1 atom stereocenters. The molecule has 1 aliphatic heterocycles. The minimum Gasteiger partial charge on any atom is -0.302 e. The van der Waals surface area contributed by atoms with Crippen LogP contribution in [0.3, 0.4) is 0 Å². The predicted octanol–water partition coefficient (Wildman–Crippen LogP) is 4.05. The van der Waals surface area contributed by atoms with Crippen molar-refractivity contribution < 1.29 is 4.39 Å². The Bertz CT molecular complexity index is 620. The molecule has 0 amide bonds. The van der Waals surface area contributed by atoms with Crippen LogP contribution in [0.4, 0.5) is 4.39 Å². The molecule has 2 aromatic rings. The Morgan fingerprint density at radius 3 is 3.05 bits per heavy atom. The lowest BCUT2D eigenvalue weighted by Crippen LogP contribution is -2.37. The molecule has 1 saturated heterocycles. The van der Waals surface area contributed by atoms with Crippen molar-refractivity contribution in [3.05, 3.63) is 42.0 Å². The maximum atomic E-state index is 13.5. The number of aromatic nitrogens is 2. The third-order valence-electron chi connectivity index (χ3n) is 4.34. The molecular formula is C18H24FN3. The van der Waals surface area contributed by atoms with E-state index in [1.807, 2.05) is 12.3 Å². The summed E-state index contributed by atoms with van der Waals surface area (Å²) in [6.07, 6.45) is 4.20. The second-order valence-electron chi connectivity index (χ2n) is 6.70. The van der Waals surface area contributed by atoms with Gasteiger partial charge in [0, 0.05) is 30.3 Å². The van der Waals surface area contributed by atoms with Gasteiger partial charge in [0.1, 0.15) is 5.82 Å². The SMILES string of the molecule is CC(C)CN1CCCC(c2[nH]ncc2-c2cccc(F)c2)C1. The van der Waals surface area contributed by atoms with Crippen molar-refractivity contribution in [3.8, 4) is 11.1 Å². The maximum Gasteiger partial charge on any atom is 0.123 e. The lowest BCUT2D eigenvalue weighted by Gasteiger charge is -2.33. The van der Waals surface area contributed by atoms with E-state index in [9.17, 15) is 4.39 Å².